The number of ether oxygens (including phenoxy) is 1. The number of nitrogens with zero attached hydrogens (tertiary/aromatic N) is 3. The van der Waals surface area contributed by atoms with E-state index in [2.05, 4.69) is 27.0 Å². The predicted molar refractivity (Wildman–Crippen MR) is 111 cm³/mol. The second kappa shape index (κ2) is 8.79. The molecule has 8 heteroatoms. The number of thioether (sulfide) groups is 1. The van der Waals surface area contributed by atoms with Gasteiger partial charge in [0.25, 0.3) is 5.91 Å². The first kappa shape index (κ1) is 19.8. The summed E-state index contributed by atoms with van der Waals surface area (Å²) in [6.07, 6.45) is 0. The van der Waals surface area contributed by atoms with Crippen molar-refractivity contribution in [3.63, 3.8) is 0 Å². The van der Waals surface area contributed by atoms with Crippen molar-refractivity contribution in [1.82, 2.24) is 15.0 Å². The molecule has 0 atom stereocenters. The molecule has 3 aromatic rings. The van der Waals surface area contributed by atoms with Gasteiger partial charge in [0.05, 0.1) is 29.6 Å². The molecule has 0 bridgehead atoms. The van der Waals surface area contributed by atoms with Gasteiger partial charge in [-0.15, -0.1) is 0 Å². The van der Waals surface area contributed by atoms with E-state index in [1.54, 1.807) is 19.1 Å². The highest BCUT2D eigenvalue weighted by Crippen LogP contribution is 2.26. The molecule has 0 aliphatic rings. The molecule has 28 heavy (non-hydrogen) atoms. The van der Waals surface area contributed by atoms with Crippen molar-refractivity contribution in [2.24, 2.45) is 5.10 Å². The molecule has 0 fully saturated rings. The zero-order valence-electron chi connectivity index (χ0n) is 16.0. The highest BCUT2D eigenvalue weighted by atomic mass is 32.2. The molecule has 7 nitrogen and oxygen atoms in total. The lowest BCUT2D eigenvalue weighted by Crippen LogP contribution is -2.21. The topological polar surface area (TPSA) is 88.7 Å². The maximum atomic E-state index is 12.2. The number of hydrogen-bond donors (Lipinski definition) is 2. The third-order valence-corrected chi connectivity index (χ3v) is 5.19. The Hall–Kier alpha value is -3.00. The third kappa shape index (κ3) is 4.28. The number of aromatic nitrogens is 2. The number of imidazole rings is 1. The quantitative estimate of drug-likeness (QED) is 0.362. The molecule has 1 heterocycles. The average molecular weight is 398 g/mol. The maximum absolute atomic E-state index is 12.2. The summed E-state index contributed by atoms with van der Waals surface area (Å²) in [4.78, 5) is 16.8. The minimum atomic E-state index is -0.218. The van der Waals surface area contributed by atoms with E-state index in [0.29, 0.717) is 11.5 Å². The third-order valence-electron chi connectivity index (χ3n) is 4.21. The number of rotatable bonds is 7. The highest BCUT2D eigenvalue weighted by molar-refractivity contribution is 7.99. The van der Waals surface area contributed by atoms with Gasteiger partial charge in [-0.2, -0.15) is 5.10 Å². The number of carbonyl (C=O) groups excluding carboxylic acids is 1. The number of hydrazone groups is 1. The summed E-state index contributed by atoms with van der Waals surface area (Å²) in [6.45, 7) is 4.61. The number of hydrogen-bond acceptors (Lipinski definition) is 6. The molecule has 2 N–H and O–H groups in total. The summed E-state index contributed by atoms with van der Waals surface area (Å²) in [7, 11) is 1.48. The van der Waals surface area contributed by atoms with Crippen LogP contribution in [0.25, 0.3) is 11.0 Å². The first-order valence-electron chi connectivity index (χ1n) is 8.82. The Balaban J connectivity index is 1.64. The van der Waals surface area contributed by atoms with Crippen LogP contribution in [-0.4, -0.2) is 39.1 Å². The van der Waals surface area contributed by atoms with Crippen LogP contribution in [0, 0.1) is 0 Å². The number of benzene rings is 2. The van der Waals surface area contributed by atoms with E-state index in [0.717, 1.165) is 28.3 Å². The Bertz CT molecular complexity index is 1030. The lowest BCUT2D eigenvalue weighted by molar-refractivity contribution is -0.118. The van der Waals surface area contributed by atoms with E-state index in [-0.39, 0.29) is 17.4 Å². The van der Waals surface area contributed by atoms with Crippen LogP contribution in [0.15, 0.2) is 52.7 Å². The fourth-order valence-electron chi connectivity index (χ4n) is 2.74. The first-order chi connectivity index (χ1) is 13.5. The van der Waals surface area contributed by atoms with E-state index >= 15 is 0 Å². The molecule has 0 radical (unpaired) electrons. The zero-order valence-corrected chi connectivity index (χ0v) is 16.8. The van der Waals surface area contributed by atoms with Crippen molar-refractivity contribution in [1.29, 1.82) is 0 Å². The van der Waals surface area contributed by atoms with Crippen LogP contribution in [0.2, 0.25) is 0 Å². The lowest BCUT2D eigenvalue weighted by atomic mass is 10.1. The van der Waals surface area contributed by atoms with Crippen LogP contribution in [-0.2, 0) is 11.3 Å². The average Bonchev–Trinajstić information content (AvgIpc) is 3.08. The Labute approximate surface area is 167 Å². The fourth-order valence-corrected chi connectivity index (χ4v) is 3.62. The molecule has 0 saturated heterocycles. The SMILES string of the molecule is CCn1c(SCC(=O)N/N=C(/C)c2ccc(O)c(OC)c2)nc2ccccc21. The van der Waals surface area contributed by atoms with Crippen molar-refractivity contribution in [2.45, 2.75) is 25.5 Å². The first-order valence-corrected chi connectivity index (χ1v) is 9.80. The number of methoxy groups -OCH3 is 1. The van der Waals surface area contributed by atoms with Crippen LogP contribution >= 0.6 is 11.8 Å². The number of para-hydroxylation sites is 2. The molecular formula is C20H22N4O3S. The van der Waals surface area contributed by atoms with Crippen LogP contribution in [0.1, 0.15) is 19.4 Å². The molecular weight excluding hydrogens is 376 g/mol. The number of carbonyl (C=O) groups is 1. The molecule has 2 aromatic carbocycles. The van der Waals surface area contributed by atoms with E-state index in [1.165, 1.54) is 24.9 Å². The Morgan fingerprint density at radius 2 is 2.11 bits per heavy atom. The molecule has 0 aliphatic carbocycles. The zero-order chi connectivity index (χ0) is 20.1. The number of fused-ring (bicyclic) bond motifs is 1. The van der Waals surface area contributed by atoms with Crippen LogP contribution < -0.4 is 10.2 Å². The van der Waals surface area contributed by atoms with Gasteiger partial charge in [0.1, 0.15) is 0 Å². The number of phenolic OH excluding ortho intramolecular Hbond substituents is 1. The number of nitrogens with one attached hydrogen (secondary N) is 1. The summed E-state index contributed by atoms with van der Waals surface area (Å²) in [6, 6.07) is 12.8. The van der Waals surface area contributed by atoms with Gasteiger partial charge in [0.2, 0.25) is 0 Å². The van der Waals surface area contributed by atoms with Crippen molar-refractivity contribution in [2.75, 3.05) is 12.9 Å². The minimum Gasteiger partial charge on any atom is -0.504 e. The van der Waals surface area contributed by atoms with Gasteiger partial charge >= 0.3 is 0 Å². The minimum absolute atomic E-state index is 0.0540. The molecule has 0 spiro atoms. The summed E-state index contributed by atoms with van der Waals surface area (Å²) in [5.74, 6) is 0.398. The van der Waals surface area contributed by atoms with E-state index in [4.69, 9.17) is 4.74 Å². The summed E-state index contributed by atoms with van der Waals surface area (Å²) in [5, 5.41) is 14.6. The maximum Gasteiger partial charge on any atom is 0.250 e. The standard InChI is InChI=1S/C20H22N4O3S/c1-4-24-16-8-6-5-7-15(16)21-20(24)28-12-19(26)23-22-13(2)14-9-10-17(25)18(11-14)27-3/h5-11,25H,4,12H2,1-3H3,(H,23,26)/b22-13-. The van der Waals surface area contributed by atoms with E-state index in [1.807, 2.05) is 24.3 Å². The molecule has 0 aliphatic heterocycles. The van der Waals surface area contributed by atoms with Gasteiger partial charge < -0.3 is 14.4 Å². The molecule has 0 unspecified atom stereocenters. The van der Waals surface area contributed by atoms with Crippen LogP contribution in [0.5, 0.6) is 11.5 Å². The van der Waals surface area contributed by atoms with Crippen LogP contribution in [0.4, 0.5) is 0 Å². The molecule has 1 aromatic heterocycles. The Morgan fingerprint density at radius 3 is 2.86 bits per heavy atom. The fraction of sp³-hybridized carbons (Fsp3) is 0.250. The summed E-state index contributed by atoms with van der Waals surface area (Å²) >= 11 is 1.38. The Morgan fingerprint density at radius 1 is 1.32 bits per heavy atom. The second-order valence-corrected chi connectivity index (χ2v) is 6.98. The second-order valence-electron chi connectivity index (χ2n) is 6.03. The molecule has 3 rings (SSSR count). The van der Waals surface area contributed by atoms with Gasteiger partial charge in [-0.05, 0) is 44.2 Å². The van der Waals surface area contributed by atoms with Crippen molar-refractivity contribution >= 4 is 34.4 Å². The van der Waals surface area contributed by atoms with Gasteiger partial charge in [0, 0.05) is 12.1 Å². The van der Waals surface area contributed by atoms with Gasteiger partial charge in [-0.3, -0.25) is 4.79 Å². The largest absolute Gasteiger partial charge is 0.504 e. The van der Waals surface area contributed by atoms with Crippen molar-refractivity contribution in [3.05, 3.63) is 48.0 Å². The van der Waals surface area contributed by atoms with Gasteiger partial charge in [0.15, 0.2) is 16.7 Å². The smallest absolute Gasteiger partial charge is 0.250 e. The van der Waals surface area contributed by atoms with Crippen molar-refractivity contribution in [3.8, 4) is 11.5 Å². The summed E-state index contributed by atoms with van der Waals surface area (Å²) < 4.78 is 7.18. The number of aromatic hydroxyl groups is 1. The van der Waals surface area contributed by atoms with E-state index < -0.39 is 0 Å². The normalized spacial score (nSPS) is 11.6. The number of phenols is 1. The van der Waals surface area contributed by atoms with Gasteiger partial charge in [-0.1, -0.05) is 23.9 Å². The molecule has 0 saturated carbocycles. The predicted octanol–water partition coefficient (Wildman–Crippen LogP) is 3.40. The monoisotopic (exact) mass is 398 g/mol. The van der Waals surface area contributed by atoms with Crippen molar-refractivity contribution < 1.29 is 14.6 Å². The van der Waals surface area contributed by atoms with Gasteiger partial charge in [-0.25, -0.2) is 10.4 Å². The highest BCUT2D eigenvalue weighted by Gasteiger charge is 2.12. The Kier molecular flexibility index (Phi) is 6.20. The number of amides is 1. The number of aryl methyl sites for hydroxylation is 1. The molecule has 1 amide bonds. The van der Waals surface area contributed by atoms with Crippen LogP contribution in [0.3, 0.4) is 0 Å². The van der Waals surface area contributed by atoms with E-state index in [9.17, 15) is 9.90 Å². The lowest BCUT2D eigenvalue weighted by Gasteiger charge is -2.07. The summed E-state index contributed by atoms with van der Waals surface area (Å²) in [5.41, 5.74) is 5.89. The molecule has 146 valence electrons.